The number of rotatable bonds is 10. The minimum Gasteiger partial charge on any atom is -0.778 e. The van der Waals surface area contributed by atoms with Gasteiger partial charge in [0.05, 0.1) is 12.9 Å². The van der Waals surface area contributed by atoms with Crippen LogP contribution in [0.2, 0.25) is 0 Å². The standard InChI is InChI=1S/C19H22N6O12P2/c26-12(27)7-38(31,32)37-39(33,34)35-6-11-14(28)15(29)18(36-11)25-9-22-13-16(20-8-21-17(13)25)24-19(30)23-10-4-2-1-3-5-10/h1-5,8-9,11,14-15,18,28-29H,6-7H2,(H,26,27)(H,31,32)(H,33,34)(H2,20,21,23,24,30)/p-2/t11-,14+,15+,18-/m1/s1. The number of phosphoric ester groups is 1. The molecule has 2 aromatic heterocycles. The van der Waals surface area contributed by atoms with E-state index >= 15 is 0 Å². The zero-order valence-corrected chi connectivity index (χ0v) is 21.3. The van der Waals surface area contributed by atoms with Gasteiger partial charge in [-0.25, -0.2) is 19.7 Å². The fraction of sp³-hybridized carbons (Fsp3) is 0.316. The molecule has 0 radical (unpaired) electrons. The maximum Gasteiger partial charge on any atom is 0.324 e. The molecule has 20 heteroatoms. The van der Waals surface area contributed by atoms with Crippen molar-refractivity contribution < 1.29 is 57.4 Å². The minimum absolute atomic E-state index is 0.00736. The van der Waals surface area contributed by atoms with Crippen molar-refractivity contribution in [2.75, 3.05) is 23.4 Å². The molecule has 18 nitrogen and oxygen atoms in total. The molecular formula is C19H20N6O12P2-2. The van der Waals surface area contributed by atoms with Crippen LogP contribution in [0.15, 0.2) is 43.0 Å². The van der Waals surface area contributed by atoms with E-state index < -0.39 is 64.7 Å². The molecule has 1 aliphatic heterocycles. The van der Waals surface area contributed by atoms with E-state index in [9.17, 15) is 38.7 Å². The number of aliphatic hydroxyl groups is 2. The predicted octanol–water partition coefficient (Wildman–Crippen LogP) is -0.771. The molecule has 2 amide bonds. The lowest BCUT2D eigenvalue weighted by Crippen LogP contribution is -2.34. The summed E-state index contributed by atoms with van der Waals surface area (Å²) >= 11 is 0. The number of carbonyl (C=O) groups is 2. The molecule has 3 heterocycles. The van der Waals surface area contributed by atoms with Crippen LogP contribution in [-0.2, 0) is 27.5 Å². The molecule has 2 unspecified atom stereocenters. The first kappa shape index (κ1) is 28.7. The summed E-state index contributed by atoms with van der Waals surface area (Å²) in [6.07, 6.45) is -5.59. The second-order valence-corrected chi connectivity index (χ2v) is 11.4. The molecule has 3 aromatic rings. The number of aromatic nitrogens is 4. The topological polar surface area (TPSA) is 270 Å². The number of hydrogen-bond donors (Lipinski definition) is 5. The fourth-order valence-corrected chi connectivity index (χ4v) is 5.85. The normalized spacial score (nSPS) is 24.1. The van der Waals surface area contributed by atoms with Gasteiger partial charge in [0.15, 0.2) is 30.8 Å². The molecule has 4 rings (SSSR count). The molecule has 5 N–H and O–H groups in total. The number of carbonyl (C=O) groups excluding carboxylic acids is 1. The predicted molar refractivity (Wildman–Crippen MR) is 125 cm³/mol. The summed E-state index contributed by atoms with van der Waals surface area (Å²) in [5, 5.41) is 34.5. The summed E-state index contributed by atoms with van der Waals surface area (Å²) in [6.45, 7) is -0.989. The molecule has 1 aromatic carbocycles. The van der Waals surface area contributed by atoms with Gasteiger partial charge >= 0.3 is 12.0 Å². The van der Waals surface area contributed by atoms with Crippen molar-refractivity contribution in [2.45, 2.75) is 24.5 Å². The second-order valence-electron chi connectivity index (χ2n) is 8.03. The summed E-state index contributed by atoms with van der Waals surface area (Å²) in [7, 11) is -10.9. The molecule has 0 spiro atoms. The summed E-state index contributed by atoms with van der Waals surface area (Å²) < 4.78 is 38.3. The van der Waals surface area contributed by atoms with Gasteiger partial charge in [0.1, 0.15) is 30.8 Å². The van der Waals surface area contributed by atoms with Crippen LogP contribution in [0.3, 0.4) is 0 Å². The van der Waals surface area contributed by atoms with Gasteiger partial charge in [-0.1, -0.05) is 18.2 Å². The zero-order valence-electron chi connectivity index (χ0n) is 19.5. The summed E-state index contributed by atoms with van der Waals surface area (Å²) in [6, 6.07) is 7.94. The SMILES string of the molecule is O=C(O)CP(=O)([O-])OP(=O)([O-])OC[C@H]1O[C@@H](n2cnc3c(NC(=O)Nc4ccccc4)ncnc32)[C@@H](O)[C@H]1O. The maximum atomic E-state index is 12.4. The number of urea groups is 1. The largest absolute Gasteiger partial charge is 0.778 e. The molecule has 1 saturated heterocycles. The molecule has 0 aliphatic carbocycles. The van der Waals surface area contributed by atoms with E-state index in [1.165, 1.54) is 10.9 Å². The number of fused-ring (bicyclic) bond motifs is 1. The molecule has 6 atom stereocenters. The van der Waals surface area contributed by atoms with E-state index in [1.54, 1.807) is 30.3 Å². The Balaban J connectivity index is 1.44. The number of aliphatic hydroxyl groups excluding tert-OH is 2. The van der Waals surface area contributed by atoms with Gasteiger partial charge in [-0.3, -0.25) is 23.6 Å². The molecular weight excluding hydrogens is 566 g/mol. The number of imidazole rings is 1. The average Bonchev–Trinajstić information content (AvgIpc) is 3.38. The van der Waals surface area contributed by atoms with Gasteiger partial charge in [-0.05, 0) is 12.1 Å². The number of nitrogens with one attached hydrogen (secondary N) is 2. The lowest BCUT2D eigenvalue weighted by Gasteiger charge is -2.31. The number of anilines is 2. The van der Waals surface area contributed by atoms with Crippen LogP contribution in [0.25, 0.3) is 11.2 Å². The average molecular weight is 586 g/mol. The van der Waals surface area contributed by atoms with Gasteiger partial charge < -0.3 is 44.2 Å². The van der Waals surface area contributed by atoms with Gasteiger partial charge in [0.2, 0.25) is 0 Å². The monoisotopic (exact) mass is 586 g/mol. The van der Waals surface area contributed by atoms with Crippen LogP contribution in [0.1, 0.15) is 6.23 Å². The Morgan fingerprint density at radius 1 is 1.08 bits per heavy atom. The number of carboxylic acid groups (broad SMARTS) is 1. The van der Waals surface area contributed by atoms with E-state index in [0.29, 0.717) is 5.69 Å². The van der Waals surface area contributed by atoms with Crippen molar-refractivity contribution >= 4 is 50.1 Å². The summed E-state index contributed by atoms with van der Waals surface area (Å²) in [5.41, 5.74) is 0.674. The number of para-hydroxylation sites is 1. The minimum atomic E-state index is -5.58. The first-order chi connectivity index (χ1) is 18.3. The Morgan fingerprint density at radius 3 is 2.49 bits per heavy atom. The number of carboxylic acids is 1. The number of ether oxygens (including phenoxy) is 1. The summed E-state index contributed by atoms with van der Waals surface area (Å²) in [4.78, 5) is 58.4. The third-order valence-corrected chi connectivity index (χ3v) is 8.10. The lowest BCUT2D eigenvalue weighted by molar-refractivity contribution is -0.233. The smallest absolute Gasteiger partial charge is 0.324 e. The fourth-order valence-electron chi connectivity index (χ4n) is 3.55. The van der Waals surface area contributed by atoms with E-state index in [1.807, 2.05) is 0 Å². The third-order valence-electron chi connectivity index (χ3n) is 5.18. The van der Waals surface area contributed by atoms with Crippen LogP contribution < -0.4 is 20.4 Å². The first-order valence-electron chi connectivity index (χ1n) is 10.9. The Bertz CT molecular complexity index is 1460. The number of amides is 2. The third kappa shape index (κ3) is 7.02. The van der Waals surface area contributed by atoms with Crippen molar-refractivity contribution in [3.8, 4) is 0 Å². The van der Waals surface area contributed by atoms with Crippen molar-refractivity contribution in [1.82, 2.24) is 19.5 Å². The van der Waals surface area contributed by atoms with E-state index in [-0.39, 0.29) is 17.0 Å². The maximum absolute atomic E-state index is 12.4. The van der Waals surface area contributed by atoms with Gasteiger partial charge in [-0.2, -0.15) is 0 Å². The highest BCUT2D eigenvalue weighted by molar-refractivity contribution is 7.63. The second kappa shape index (κ2) is 11.4. The number of benzene rings is 1. The van der Waals surface area contributed by atoms with Gasteiger partial charge in [0, 0.05) is 5.69 Å². The highest BCUT2D eigenvalue weighted by atomic mass is 31.3. The molecule has 210 valence electrons. The van der Waals surface area contributed by atoms with Crippen LogP contribution in [0.4, 0.5) is 16.3 Å². The van der Waals surface area contributed by atoms with Crippen molar-refractivity contribution in [1.29, 1.82) is 0 Å². The zero-order chi connectivity index (χ0) is 28.4. The van der Waals surface area contributed by atoms with E-state index in [4.69, 9.17) is 9.84 Å². The van der Waals surface area contributed by atoms with Crippen molar-refractivity contribution in [2.24, 2.45) is 0 Å². The Labute approximate surface area is 218 Å². The number of hydrogen-bond acceptors (Lipinski definition) is 14. The van der Waals surface area contributed by atoms with Crippen molar-refractivity contribution in [3.05, 3.63) is 43.0 Å². The summed E-state index contributed by atoms with van der Waals surface area (Å²) in [5.74, 6) is -1.84. The quantitative estimate of drug-likeness (QED) is 0.182. The Morgan fingerprint density at radius 2 is 1.79 bits per heavy atom. The van der Waals surface area contributed by atoms with E-state index in [2.05, 4.69) is 34.4 Å². The van der Waals surface area contributed by atoms with Gasteiger partial charge in [0.25, 0.3) is 7.82 Å². The highest BCUT2D eigenvalue weighted by Crippen LogP contribution is 2.55. The molecule has 0 bridgehead atoms. The molecule has 1 aliphatic rings. The van der Waals surface area contributed by atoms with Crippen LogP contribution in [0.5, 0.6) is 0 Å². The van der Waals surface area contributed by atoms with Gasteiger partial charge in [-0.15, -0.1) is 0 Å². The van der Waals surface area contributed by atoms with Crippen LogP contribution >= 0.6 is 15.4 Å². The molecule has 1 fully saturated rings. The lowest BCUT2D eigenvalue weighted by atomic mass is 10.1. The first-order valence-corrected chi connectivity index (χ1v) is 14.0. The Kier molecular flexibility index (Phi) is 8.41. The number of nitrogens with zero attached hydrogens (tertiary/aromatic N) is 4. The van der Waals surface area contributed by atoms with Crippen molar-refractivity contribution in [3.63, 3.8) is 0 Å². The van der Waals surface area contributed by atoms with Crippen LogP contribution in [-0.4, -0.2) is 77.9 Å². The number of phosphoric acid groups is 1. The van der Waals surface area contributed by atoms with E-state index in [0.717, 1.165) is 6.33 Å². The highest BCUT2D eigenvalue weighted by Gasteiger charge is 2.45. The molecule has 39 heavy (non-hydrogen) atoms. The molecule has 0 saturated carbocycles. The number of aliphatic carboxylic acids is 1. The van der Waals surface area contributed by atoms with Crippen LogP contribution in [0, 0.1) is 0 Å². The Hall–Kier alpha value is -3.31.